The molecule has 1 amide bonds. The van der Waals surface area contributed by atoms with E-state index in [9.17, 15) is 20.0 Å². The molecule has 0 aliphatic rings. The van der Waals surface area contributed by atoms with Crippen LogP contribution in [0.25, 0.3) is 0 Å². The molecule has 0 atom stereocenters. The highest BCUT2D eigenvalue weighted by Crippen LogP contribution is 2.36. The van der Waals surface area contributed by atoms with Crippen molar-refractivity contribution >= 4 is 17.8 Å². The predicted molar refractivity (Wildman–Crippen MR) is 89.4 cm³/mol. The highest BCUT2D eigenvalue weighted by molar-refractivity contribution is 5.95. The molecule has 2 N–H and O–H groups in total. The Hall–Kier alpha value is -3.62. The van der Waals surface area contributed by atoms with E-state index >= 15 is 0 Å². The molecular weight excluding hydrogens is 330 g/mol. The number of nitro groups is 1. The molecule has 0 aliphatic carbocycles. The zero-order valence-corrected chi connectivity index (χ0v) is 13.4. The molecule has 0 heterocycles. The van der Waals surface area contributed by atoms with Crippen molar-refractivity contribution in [3.8, 4) is 17.2 Å². The second-order valence-electron chi connectivity index (χ2n) is 4.78. The molecule has 9 nitrogen and oxygen atoms in total. The standard InChI is InChI=1S/C16H15N3O6/c1-24-12-5-3-4-11(8-12)16(21)18-17-9-10-6-13(19(22)23)15(20)14(7-10)25-2/h3-9,20H,1-2H3,(H,18,21)/b17-9-. The van der Waals surface area contributed by atoms with Crippen molar-refractivity contribution < 1.29 is 24.3 Å². The number of nitrogens with zero attached hydrogens (tertiary/aromatic N) is 2. The van der Waals surface area contributed by atoms with E-state index in [0.717, 1.165) is 6.07 Å². The summed E-state index contributed by atoms with van der Waals surface area (Å²) in [6.45, 7) is 0. The monoisotopic (exact) mass is 345 g/mol. The van der Waals surface area contributed by atoms with Gasteiger partial charge in [0.25, 0.3) is 5.91 Å². The Labute approximate surface area is 142 Å². The number of hydrogen-bond donors (Lipinski definition) is 2. The van der Waals surface area contributed by atoms with E-state index in [2.05, 4.69) is 10.5 Å². The molecule has 25 heavy (non-hydrogen) atoms. The van der Waals surface area contributed by atoms with E-state index in [1.807, 2.05) is 0 Å². The molecule has 2 aromatic carbocycles. The van der Waals surface area contributed by atoms with E-state index in [4.69, 9.17) is 9.47 Å². The fourth-order valence-corrected chi connectivity index (χ4v) is 1.98. The number of phenols is 1. The Morgan fingerprint density at radius 2 is 2.04 bits per heavy atom. The van der Waals surface area contributed by atoms with Crippen LogP contribution in [0.2, 0.25) is 0 Å². The lowest BCUT2D eigenvalue weighted by molar-refractivity contribution is -0.386. The maximum atomic E-state index is 12.0. The average Bonchev–Trinajstić information content (AvgIpc) is 2.62. The van der Waals surface area contributed by atoms with Crippen molar-refractivity contribution in [2.45, 2.75) is 0 Å². The van der Waals surface area contributed by atoms with Gasteiger partial charge in [-0.3, -0.25) is 14.9 Å². The van der Waals surface area contributed by atoms with Gasteiger partial charge in [-0.2, -0.15) is 5.10 Å². The largest absolute Gasteiger partial charge is 0.500 e. The topological polar surface area (TPSA) is 123 Å². The van der Waals surface area contributed by atoms with Crippen LogP contribution in [-0.2, 0) is 0 Å². The van der Waals surface area contributed by atoms with E-state index in [0.29, 0.717) is 11.3 Å². The fraction of sp³-hybridized carbons (Fsp3) is 0.125. The van der Waals surface area contributed by atoms with Gasteiger partial charge in [-0.1, -0.05) is 6.07 Å². The second-order valence-corrected chi connectivity index (χ2v) is 4.78. The summed E-state index contributed by atoms with van der Waals surface area (Å²) in [5.41, 5.74) is 2.38. The molecule has 0 radical (unpaired) electrons. The number of phenolic OH excluding ortho intramolecular Hbond substituents is 1. The van der Waals surface area contributed by atoms with Crippen molar-refractivity contribution in [1.82, 2.24) is 5.43 Å². The molecule has 9 heteroatoms. The van der Waals surface area contributed by atoms with Crippen LogP contribution >= 0.6 is 0 Å². The molecule has 0 bridgehead atoms. The van der Waals surface area contributed by atoms with Gasteiger partial charge in [0.2, 0.25) is 5.75 Å². The first kappa shape index (κ1) is 17.7. The maximum Gasteiger partial charge on any atom is 0.315 e. The Morgan fingerprint density at radius 1 is 1.28 bits per heavy atom. The Balaban J connectivity index is 2.17. The summed E-state index contributed by atoms with van der Waals surface area (Å²) in [6.07, 6.45) is 1.20. The first-order valence-corrected chi connectivity index (χ1v) is 6.99. The van der Waals surface area contributed by atoms with Crippen molar-refractivity contribution in [3.63, 3.8) is 0 Å². The minimum absolute atomic E-state index is 0.0743. The third-order valence-corrected chi connectivity index (χ3v) is 3.21. The van der Waals surface area contributed by atoms with Gasteiger partial charge in [0.15, 0.2) is 5.75 Å². The molecule has 0 saturated carbocycles. The third kappa shape index (κ3) is 4.22. The van der Waals surface area contributed by atoms with Gasteiger partial charge in [-0.25, -0.2) is 5.43 Å². The van der Waals surface area contributed by atoms with Crippen LogP contribution in [0.5, 0.6) is 17.2 Å². The highest BCUT2D eigenvalue weighted by Gasteiger charge is 2.19. The fourth-order valence-electron chi connectivity index (χ4n) is 1.98. The number of carbonyl (C=O) groups is 1. The van der Waals surface area contributed by atoms with Crippen LogP contribution < -0.4 is 14.9 Å². The zero-order chi connectivity index (χ0) is 18.4. The molecule has 0 fully saturated rings. The summed E-state index contributed by atoms with van der Waals surface area (Å²) in [4.78, 5) is 22.2. The summed E-state index contributed by atoms with van der Waals surface area (Å²) in [6, 6.07) is 8.94. The maximum absolute atomic E-state index is 12.0. The average molecular weight is 345 g/mol. The summed E-state index contributed by atoms with van der Waals surface area (Å²) in [5, 5.41) is 24.4. The lowest BCUT2D eigenvalue weighted by Crippen LogP contribution is -2.17. The number of aromatic hydroxyl groups is 1. The van der Waals surface area contributed by atoms with Gasteiger partial charge in [0, 0.05) is 17.2 Å². The molecule has 0 saturated heterocycles. The van der Waals surface area contributed by atoms with Crippen LogP contribution in [-0.4, -0.2) is 36.4 Å². The lowest BCUT2D eigenvalue weighted by atomic mass is 10.2. The summed E-state index contributed by atoms with van der Waals surface area (Å²) in [5.74, 6) is -0.606. The number of hydrazone groups is 1. The zero-order valence-electron chi connectivity index (χ0n) is 13.4. The van der Waals surface area contributed by atoms with Crippen molar-refractivity contribution in [1.29, 1.82) is 0 Å². The smallest absolute Gasteiger partial charge is 0.315 e. The number of amides is 1. The predicted octanol–water partition coefficient (Wildman–Crippen LogP) is 2.08. The summed E-state index contributed by atoms with van der Waals surface area (Å²) in [7, 11) is 2.75. The number of rotatable bonds is 6. The van der Waals surface area contributed by atoms with Crippen molar-refractivity contribution in [3.05, 3.63) is 57.6 Å². The molecule has 2 aromatic rings. The number of carbonyl (C=O) groups excluding carboxylic acids is 1. The Kier molecular flexibility index (Phi) is 5.51. The first-order chi connectivity index (χ1) is 12.0. The number of nitrogens with one attached hydrogen (secondary N) is 1. The lowest BCUT2D eigenvalue weighted by Gasteiger charge is -2.05. The molecule has 0 unspecified atom stereocenters. The van der Waals surface area contributed by atoms with Crippen LogP contribution in [0.3, 0.4) is 0 Å². The van der Waals surface area contributed by atoms with E-state index < -0.39 is 22.3 Å². The molecule has 2 rings (SSSR count). The van der Waals surface area contributed by atoms with Crippen LogP contribution in [0.15, 0.2) is 41.5 Å². The number of benzene rings is 2. The molecular formula is C16H15N3O6. The van der Waals surface area contributed by atoms with Gasteiger partial charge >= 0.3 is 5.69 Å². The van der Waals surface area contributed by atoms with Gasteiger partial charge in [-0.15, -0.1) is 0 Å². The minimum atomic E-state index is -0.746. The first-order valence-electron chi connectivity index (χ1n) is 6.99. The molecule has 0 spiro atoms. The number of nitro benzene ring substituents is 1. The number of ether oxygens (including phenoxy) is 2. The van der Waals surface area contributed by atoms with Crippen molar-refractivity contribution in [2.75, 3.05) is 14.2 Å². The Bertz CT molecular complexity index is 835. The van der Waals surface area contributed by atoms with Crippen LogP contribution in [0, 0.1) is 10.1 Å². The quantitative estimate of drug-likeness (QED) is 0.469. The summed E-state index contributed by atoms with van der Waals surface area (Å²) < 4.78 is 9.91. The SMILES string of the molecule is COc1cccc(C(=O)N/N=C\c2cc(OC)c(O)c([N+](=O)[O-])c2)c1. The van der Waals surface area contributed by atoms with Gasteiger partial charge < -0.3 is 14.6 Å². The van der Waals surface area contributed by atoms with E-state index in [1.54, 1.807) is 24.3 Å². The van der Waals surface area contributed by atoms with Crippen LogP contribution in [0.1, 0.15) is 15.9 Å². The Morgan fingerprint density at radius 3 is 2.68 bits per heavy atom. The minimum Gasteiger partial charge on any atom is -0.500 e. The molecule has 0 aliphatic heterocycles. The summed E-state index contributed by atoms with van der Waals surface area (Å²) >= 11 is 0. The van der Waals surface area contributed by atoms with E-state index in [-0.39, 0.29) is 11.3 Å². The molecule has 130 valence electrons. The third-order valence-electron chi connectivity index (χ3n) is 3.21. The van der Waals surface area contributed by atoms with Gasteiger partial charge in [-0.05, 0) is 24.3 Å². The van der Waals surface area contributed by atoms with Crippen molar-refractivity contribution in [2.24, 2.45) is 5.10 Å². The van der Waals surface area contributed by atoms with Crippen LogP contribution in [0.4, 0.5) is 5.69 Å². The highest BCUT2D eigenvalue weighted by atomic mass is 16.6. The normalized spacial score (nSPS) is 10.5. The van der Waals surface area contributed by atoms with E-state index in [1.165, 1.54) is 26.5 Å². The van der Waals surface area contributed by atoms with Gasteiger partial charge in [0.05, 0.1) is 25.4 Å². The number of methoxy groups -OCH3 is 2. The second kappa shape index (κ2) is 7.77. The number of hydrogen-bond acceptors (Lipinski definition) is 7. The molecule has 0 aromatic heterocycles. The van der Waals surface area contributed by atoms with Gasteiger partial charge in [0.1, 0.15) is 5.75 Å².